The van der Waals surface area contributed by atoms with Gasteiger partial charge in [0.05, 0.1) is 0 Å². The highest BCUT2D eigenvalue weighted by Crippen LogP contribution is 2.03. The number of halogens is 1. The van der Waals surface area contributed by atoms with Crippen LogP contribution in [0, 0.1) is 10.2 Å². The molecule has 0 aliphatic carbocycles. The van der Waals surface area contributed by atoms with Gasteiger partial charge < -0.3 is 0 Å². The normalized spacial score (nSPS) is 14.3. The van der Waals surface area contributed by atoms with Crippen LogP contribution in [0.15, 0.2) is 24.4 Å². The zero-order valence-corrected chi connectivity index (χ0v) is 8.14. The lowest BCUT2D eigenvalue weighted by Gasteiger charge is -2.17. The van der Waals surface area contributed by atoms with Crippen LogP contribution in [0.3, 0.4) is 0 Å². The highest BCUT2D eigenvalue weighted by molar-refractivity contribution is 4.98. The lowest BCUT2D eigenvalue weighted by atomic mass is 10.3. The van der Waals surface area contributed by atoms with Gasteiger partial charge in [0.1, 0.15) is 6.54 Å². The minimum atomic E-state index is -4.94. The average molecular weight is 220 g/mol. The number of fused-ring (bicyclic) bond motifs is 1. The minimum absolute atomic E-state index is 1.22. The Bertz CT molecular complexity index is 271. The predicted molar refractivity (Wildman–Crippen MR) is 35.0 cm³/mol. The van der Waals surface area contributed by atoms with E-state index in [9.17, 15) is 0 Å². The van der Waals surface area contributed by atoms with Crippen LogP contribution in [0.25, 0.3) is 0 Å². The Balaban J connectivity index is 0.000000171. The summed E-state index contributed by atoms with van der Waals surface area (Å²) in [4.78, 5) is 0. The van der Waals surface area contributed by atoms with Crippen LogP contribution in [0.2, 0.25) is 0 Å². The van der Waals surface area contributed by atoms with Crippen molar-refractivity contribution in [1.29, 1.82) is 0 Å². The summed E-state index contributed by atoms with van der Waals surface area (Å²) in [5.74, 6) is 0. The van der Waals surface area contributed by atoms with Gasteiger partial charge in [0.15, 0.2) is 11.9 Å². The molecule has 0 N–H and O–H groups in total. The van der Waals surface area contributed by atoms with Gasteiger partial charge in [0, 0.05) is 25.0 Å². The van der Waals surface area contributed by atoms with Crippen molar-refractivity contribution in [2.24, 2.45) is 0 Å². The molecule has 0 saturated heterocycles. The van der Waals surface area contributed by atoms with Gasteiger partial charge in [0.25, 0.3) is 0 Å². The summed E-state index contributed by atoms with van der Waals surface area (Å²) < 4.78 is 36.3. The second-order valence-corrected chi connectivity index (χ2v) is 3.62. The molecule has 1 aliphatic heterocycles. The Morgan fingerprint density at radius 1 is 1.14 bits per heavy atom. The first-order valence-electron chi connectivity index (χ1n) is 4.06. The van der Waals surface area contributed by atoms with E-state index in [0.29, 0.717) is 0 Å². The fourth-order valence-electron chi connectivity index (χ4n) is 1.39. The topological polar surface area (TPSA) is 96.1 Å². The van der Waals surface area contributed by atoms with Crippen LogP contribution in [0.4, 0.5) is 0 Å². The molecule has 2 heterocycles. The summed E-state index contributed by atoms with van der Waals surface area (Å²) in [6.07, 6.45) is 4.74. The second-order valence-electron chi connectivity index (χ2n) is 2.87. The average Bonchev–Trinajstić information content (AvgIpc) is 2.47. The molecule has 0 radical (unpaired) electrons. The van der Waals surface area contributed by atoms with Gasteiger partial charge in [-0.3, -0.25) is 0 Å². The van der Waals surface area contributed by atoms with E-state index < -0.39 is 10.2 Å². The molecule has 2 rings (SSSR count). The van der Waals surface area contributed by atoms with Gasteiger partial charge in [-0.25, -0.2) is 23.2 Å². The molecule has 0 atom stereocenters. The Morgan fingerprint density at radius 2 is 1.79 bits per heavy atom. The summed E-state index contributed by atoms with van der Waals surface area (Å²) in [5, 5.41) is 0. The van der Waals surface area contributed by atoms with Crippen molar-refractivity contribution in [2.45, 2.75) is 19.4 Å². The first kappa shape index (κ1) is 11.4. The Morgan fingerprint density at radius 3 is 2.36 bits per heavy atom. The number of aromatic nitrogens is 1. The molecule has 6 heteroatoms. The van der Waals surface area contributed by atoms with Crippen molar-refractivity contribution in [3.05, 3.63) is 30.1 Å². The molecule has 0 amide bonds. The van der Waals surface area contributed by atoms with Crippen molar-refractivity contribution in [2.75, 3.05) is 0 Å². The number of pyridine rings is 1. The van der Waals surface area contributed by atoms with Gasteiger partial charge in [-0.2, -0.15) is 0 Å². The van der Waals surface area contributed by atoms with Crippen molar-refractivity contribution in [1.82, 2.24) is 0 Å². The van der Waals surface area contributed by atoms with E-state index in [1.54, 1.807) is 0 Å². The van der Waals surface area contributed by atoms with E-state index in [2.05, 4.69) is 29.0 Å². The molecule has 1 aromatic heterocycles. The molecule has 1 aromatic rings. The van der Waals surface area contributed by atoms with E-state index in [4.69, 9.17) is 18.6 Å². The number of rotatable bonds is 0. The van der Waals surface area contributed by atoms with E-state index in [1.807, 2.05) is 0 Å². The molecular weight excluding hydrogens is 210 g/mol. The van der Waals surface area contributed by atoms with Crippen molar-refractivity contribution in [3.63, 3.8) is 0 Å². The van der Waals surface area contributed by atoms with Gasteiger partial charge >= 0.3 is 0 Å². The van der Waals surface area contributed by atoms with Gasteiger partial charge in [-0.05, 0) is 0 Å². The SMILES string of the molecule is [O-][Cl+3]([O-])([O-])[O-].c1cc[n+]2c(c1)CCC2. The number of nitrogens with zero attached hydrogens (tertiary/aromatic N) is 1. The predicted octanol–water partition coefficient (Wildman–Crippen LogP) is -3.84. The number of hydrogen-bond donors (Lipinski definition) is 0. The summed E-state index contributed by atoms with van der Waals surface area (Å²) in [5.41, 5.74) is 1.48. The van der Waals surface area contributed by atoms with E-state index >= 15 is 0 Å². The molecule has 5 nitrogen and oxygen atoms in total. The molecule has 0 saturated carbocycles. The minimum Gasteiger partial charge on any atom is -0.222 e. The summed E-state index contributed by atoms with van der Waals surface area (Å²) in [6.45, 7) is 1.22. The molecule has 1 aliphatic rings. The highest BCUT2D eigenvalue weighted by atomic mass is 35.7. The first-order valence-corrected chi connectivity index (χ1v) is 5.29. The van der Waals surface area contributed by atoms with Gasteiger partial charge in [-0.1, -0.05) is 6.07 Å². The van der Waals surface area contributed by atoms with Crippen LogP contribution in [0.5, 0.6) is 0 Å². The monoisotopic (exact) mass is 219 g/mol. The Hall–Kier alpha value is -0.720. The standard InChI is InChI=1S/C8H10N.ClHO4/c1-2-6-9-7-3-5-8(9)4-1;2-1(3,4)5/h1-2,4,6H,3,5,7H2;(H,2,3,4,5)/q+1;/p-1. The van der Waals surface area contributed by atoms with Gasteiger partial charge in [-0.15, -0.1) is 10.2 Å². The second kappa shape index (κ2) is 4.68. The first-order chi connectivity index (χ1) is 6.47. The molecule has 78 valence electrons. The summed E-state index contributed by atoms with van der Waals surface area (Å²) in [6, 6.07) is 6.40. The molecule has 0 aromatic carbocycles. The van der Waals surface area contributed by atoms with E-state index in [0.717, 1.165) is 0 Å². The maximum atomic E-state index is 8.49. The van der Waals surface area contributed by atoms with Crippen molar-refractivity contribution >= 4 is 0 Å². The van der Waals surface area contributed by atoms with Crippen LogP contribution in [-0.2, 0) is 13.0 Å². The van der Waals surface area contributed by atoms with Crippen molar-refractivity contribution < 1.29 is 33.4 Å². The largest absolute Gasteiger partial charge is 0.222 e. The maximum Gasteiger partial charge on any atom is 0.181 e. The van der Waals surface area contributed by atoms with Gasteiger partial charge in [0.2, 0.25) is 0 Å². The third-order valence-electron chi connectivity index (χ3n) is 1.87. The molecule has 0 fully saturated rings. The Kier molecular flexibility index (Phi) is 3.79. The van der Waals surface area contributed by atoms with Crippen LogP contribution < -0.4 is 23.2 Å². The highest BCUT2D eigenvalue weighted by Gasteiger charge is 2.15. The lowest BCUT2D eigenvalue weighted by molar-refractivity contribution is -2.00. The summed E-state index contributed by atoms with van der Waals surface area (Å²) >= 11 is 0. The molecule has 0 bridgehead atoms. The van der Waals surface area contributed by atoms with E-state index in [1.165, 1.54) is 25.1 Å². The zero-order chi connectivity index (χ0) is 10.6. The quantitative estimate of drug-likeness (QED) is 0.418. The summed E-state index contributed by atoms with van der Waals surface area (Å²) in [7, 11) is -4.94. The third-order valence-corrected chi connectivity index (χ3v) is 1.87. The smallest absolute Gasteiger partial charge is 0.181 e. The van der Waals surface area contributed by atoms with Crippen LogP contribution in [-0.4, -0.2) is 0 Å². The molecule has 0 spiro atoms. The van der Waals surface area contributed by atoms with Crippen molar-refractivity contribution in [3.8, 4) is 0 Å². The maximum absolute atomic E-state index is 8.49. The molecule has 14 heavy (non-hydrogen) atoms. The van der Waals surface area contributed by atoms with Crippen LogP contribution >= 0.6 is 0 Å². The fourth-order valence-corrected chi connectivity index (χ4v) is 1.39. The lowest BCUT2D eigenvalue weighted by Crippen LogP contribution is -2.68. The third kappa shape index (κ3) is 4.50. The molecular formula is C8H10ClNO4. The number of hydrogen-bond acceptors (Lipinski definition) is 4. The number of aryl methyl sites for hydroxylation is 2. The fraction of sp³-hybridized carbons (Fsp3) is 0.375. The van der Waals surface area contributed by atoms with Crippen LogP contribution in [0.1, 0.15) is 12.1 Å². The van der Waals surface area contributed by atoms with E-state index in [-0.39, 0.29) is 0 Å². The molecule has 0 unspecified atom stereocenters. The zero-order valence-electron chi connectivity index (χ0n) is 7.39. The Labute approximate surface area is 83.6 Å².